The van der Waals surface area contributed by atoms with E-state index in [0.717, 1.165) is 6.42 Å². The molecule has 0 aromatic heterocycles. The van der Waals surface area contributed by atoms with E-state index < -0.39 is 5.97 Å². The summed E-state index contributed by atoms with van der Waals surface area (Å²) in [6.07, 6.45) is 0.909. The van der Waals surface area contributed by atoms with Crippen LogP contribution in [0.5, 0.6) is 0 Å². The number of carboxylic acid groups (broad SMARTS) is 1. The van der Waals surface area contributed by atoms with Gasteiger partial charge in [-0.15, -0.1) is 0 Å². The molecule has 0 bridgehead atoms. The molecule has 1 saturated carbocycles. The topological polar surface area (TPSA) is 66.4 Å². The molecule has 1 aliphatic rings. The summed E-state index contributed by atoms with van der Waals surface area (Å²) in [6.45, 7) is 7.86. The molecule has 0 aliphatic heterocycles. The Hall–Kier alpha value is -1.06. The van der Waals surface area contributed by atoms with Crippen LogP contribution in [0, 0.1) is 17.3 Å². The number of carbonyl (C=O) groups is 2. The van der Waals surface area contributed by atoms with Crippen molar-refractivity contribution >= 4 is 11.9 Å². The highest BCUT2D eigenvalue weighted by Crippen LogP contribution is 2.38. The summed E-state index contributed by atoms with van der Waals surface area (Å²) >= 11 is 0. The van der Waals surface area contributed by atoms with Crippen LogP contribution in [0.3, 0.4) is 0 Å². The number of carboxylic acids is 1. The van der Waals surface area contributed by atoms with E-state index in [4.69, 9.17) is 5.11 Å². The molecule has 2 N–H and O–H groups in total. The first-order valence-electron chi connectivity index (χ1n) is 5.74. The van der Waals surface area contributed by atoms with Crippen molar-refractivity contribution in [3.63, 3.8) is 0 Å². The van der Waals surface area contributed by atoms with Gasteiger partial charge in [-0.1, -0.05) is 27.7 Å². The fourth-order valence-electron chi connectivity index (χ4n) is 1.71. The zero-order valence-electron chi connectivity index (χ0n) is 10.4. The smallest absolute Gasteiger partial charge is 0.305 e. The van der Waals surface area contributed by atoms with Crippen molar-refractivity contribution in [1.82, 2.24) is 5.32 Å². The van der Waals surface area contributed by atoms with Gasteiger partial charge in [0.2, 0.25) is 5.91 Å². The van der Waals surface area contributed by atoms with Crippen LogP contribution in [0.25, 0.3) is 0 Å². The average Bonchev–Trinajstić information content (AvgIpc) is 2.79. The fraction of sp³-hybridized carbons (Fsp3) is 0.833. The maximum absolute atomic E-state index is 11.8. The van der Waals surface area contributed by atoms with Gasteiger partial charge in [-0.05, 0) is 17.8 Å². The molecule has 3 atom stereocenters. The minimum atomic E-state index is -0.871. The van der Waals surface area contributed by atoms with Crippen molar-refractivity contribution in [2.24, 2.45) is 17.3 Å². The molecule has 0 radical (unpaired) electrons. The van der Waals surface area contributed by atoms with Gasteiger partial charge in [0, 0.05) is 12.0 Å². The Morgan fingerprint density at radius 3 is 2.25 bits per heavy atom. The van der Waals surface area contributed by atoms with E-state index in [1.165, 1.54) is 0 Å². The first-order chi connectivity index (χ1) is 7.21. The Kier molecular flexibility index (Phi) is 3.61. The van der Waals surface area contributed by atoms with Gasteiger partial charge in [0.25, 0.3) is 0 Å². The molecule has 4 heteroatoms. The van der Waals surface area contributed by atoms with Crippen molar-refractivity contribution in [2.45, 2.75) is 46.6 Å². The molecule has 3 unspecified atom stereocenters. The molecule has 0 saturated heterocycles. The second-order valence-corrected chi connectivity index (χ2v) is 5.84. The highest BCUT2D eigenvalue weighted by molar-refractivity contribution is 5.82. The molecule has 1 fully saturated rings. The van der Waals surface area contributed by atoms with Crippen molar-refractivity contribution in [3.05, 3.63) is 0 Å². The molecule has 0 heterocycles. The van der Waals surface area contributed by atoms with Gasteiger partial charge < -0.3 is 10.4 Å². The summed E-state index contributed by atoms with van der Waals surface area (Å²) in [5.74, 6) is -0.318. The van der Waals surface area contributed by atoms with E-state index in [-0.39, 0.29) is 29.7 Å². The monoisotopic (exact) mass is 227 g/mol. The second kappa shape index (κ2) is 4.44. The second-order valence-electron chi connectivity index (χ2n) is 5.84. The average molecular weight is 227 g/mol. The molecule has 1 rings (SSSR count). The maximum Gasteiger partial charge on any atom is 0.305 e. The van der Waals surface area contributed by atoms with Crippen LogP contribution >= 0.6 is 0 Å². The highest BCUT2D eigenvalue weighted by Gasteiger charge is 2.41. The van der Waals surface area contributed by atoms with Gasteiger partial charge in [0.05, 0.1) is 6.42 Å². The Bertz CT molecular complexity index is 293. The molecular formula is C12H21NO3. The Morgan fingerprint density at radius 2 is 1.94 bits per heavy atom. The highest BCUT2D eigenvalue weighted by atomic mass is 16.4. The molecule has 1 amide bonds. The number of carbonyl (C=O) groups excluding carboxylic acids is 1. The molecule has 0 aromatic rings. The SMILES string of the molecule is CC1CC1C(=O)NC(CC(=O)O)C(C)(C)C. The standard InChI is InChI=1S/C12H21NO3/c1-7-5-8(7)11(16)13-9(6-10(14)15)12(2,3)4/h7-9H,5-6H2,1-4H3,(H,13,16)(H,14,15). The normalized spacial score (nSPS) is 26.0. The van der Waals surface area contributed by atoms with Crippen LogP contribution in [0.15, 0.2) is 0 Å². The van der Waals surface area contributed by atoms with Gasteiger partial charge in [-0.2, -0.15) is 0 Å². The number of rotatable bonds is 4. The lowest BCUT2D eigenvalue weighted by Gasteiger charge is -2.30. The third-order valence-corrected chi connectivity index (χ3v) is 3.19. The molecule has 16 heavy (non-hydrogen) atoms. The third kappa shape index (κ3) is 3.51. The largest absolute Gasteiger partial charge is 0.481 e. The lowest BCUT2D eigenvalue weighted by atomic mass is 9.84. The fourth-order valence-corrected chi connectivity index (χ4v) is 1.71. The number of nitrogens with one attached hydrogen (secondary N) is 1. The van der Waals surface area contributed by atoms with Crippen LogP contribution in [-0.2, 0) is 9.59 Å². The van der Waals surface area contributed by atoms with Gasteiger partial charge in [-0.3, -0.25) is 9.59 Å². The van der Waals surface area contributed by atoms with Crippen molar-refractivity contribution in [3.8, 4) is 0 Å². The van der Waals surface area contributed by atoms with Crippen LogP contribution in [0.4, 0.5) is 0 Å². The molecule has 92 valence electrons. The summed E-state index contributed by atoms with van der Waals surface area (Å²) in [5, 5.41) is 11.7. The summed E-state index contributed by atoms with van der Waals surface area (Å²) in [6, 6.07) is -0.301. The van der Waals surface area contributed by atoms with Crippen molar-refractivity contribution in [1.29, 1.82) is 0 Å². The minimum Gasteiger partial charge on any atom is -0.481 e. The van der Waals surface area contributed by atoms with Crippen LogP contribution in [-0.4, -0.2) is 23.0 Å². The van der Waals surface area contributed by atoms with E-state index in [1.54, 1.807) is 0 Å². The summed E-state index contributed by atoms with van der Waals surface area (Å²) in [7, 11) is 0. The predicted octanol–water partition coefficient (Wildman–Crippen LogP) is 1.65. The molecule has 0 spiro atoms. The predicted molar refractivity (Wildman–Crippen MR) is 60.9 cm³/mol. The van der Waals surface area contributed by atoms with E-state index in [1.807, 2.05) is 27.7 Å². The Balaban J connectivity index is 2.56. The van der Waals surface area contributed by atoms with Crippen molar-refractivity contribution in [2.75, 3.05) is 0 Å². The Morgan fingerprint density at radius 1 is 1.44 bits per heavy atom. The molecular weight excluding hydrogens is 206 g/mol. The van der Waals surface area contributed by atoms with Crippen LogP contribution < -0.4 is 5.32 Å². The van der Waals surface area contributed by atoms with Crippen LogP contribution in [0.2, 0.25) is 0 Å². The van der Waals surface area contributed by atoms with E-state index in [2.05, 4.69) is 5.32 Å². The maximum atomic E-state index is 11.8. The molecule has 1 aliphatic carbocycles. The Labute approximate surface area is 96.4 Å². The lowest BCUT2D eigenvalue weighted by Crippen LogP contribution is -2.45. The van der Waals surface area contributed by atoms with E-state index >= 15 is 0 Å². The van der Waals surface area contributed by atoms with Gasteiger partial charge in [0.1, 0.15) is 0 Å². The lowest BCUT2D eigenvalue weighted by molar-refractivity contribution is -0.138. The number of aliphatic carboxylic acids is 1. The number of hydrogen-bond donors (Lipinski definition) is 2. The third-order valence-electron chi connectivity index (χ3n) is 3.19. The quantitative estimate of drug-likeness (QED) is 0.767. The van der Waals surface area contributed by atoms with Gasteiger partial charge in [0.15, 0.2) is 0 Å². The first-order valence-corrected chi connectivity index (χ1v) is 5.74. The number of hydrogen-bond acceptors (Lipinski definition) is 2. The van der Waals surface area contributed by atoms with Crippen LogP contribution in [0.1, 0.15) is 40.5 Å². The van der Waals surface area contributed by atoms with Crippen molar-refractivity contribution < 1.29 is 14.7 Å². The van der Waals surface area contributed by atoms with E-state index in [0.29, 0.717) is 5.92 Å². The van der Waals surface area contributed by atoms with Gasteiger partial charge in [-0.25, -0.2) is 0 Å². The first kappa shape index (κ1) is 13.0. The van der Waals surface area contributed by atoms with Gasteiger partial charge >= 0.3 is 5.97 Å². The van der Waals surface area contributed by atoms with E-state index in [9.17, 15) is 9.59 Å². The molecule has 4 nitrogen and oxygen atoms in total. The number of amides is 1. The summed E-state index contributed by atoms with van der Waals surface area (Å²) in [5.41, 5.74) is -0.230. The summed E-state index contributed by atoms with van der Waals surface area (Å²) < 4.78 is 0. The zero-order chi connectivity index (χ0) is 12.5. The minimum absolute atomic E-state index is 0.00803. The zero-order valence-corrected chi connectivity index (χ0v) is 10.4. The summed E-state index contributed by atoms with van der Waals surface area (Å²) in [4.78, 5) is 22.5. The molecule has 0 aromatic carbocycles.